The van der Waals surface area contributed by atoms with Crippen molar-refractivity contribution >= 4 is 22.8 Å². The Balaban J connectivity index is 1.68. The fraction of sp³-hybridized carbons (Fsp3) is 0.647. The second kappa shape index (κ2) is 4.01. The van der Waals surface area contributed by atoms with Gasteiger partial charge in [0, 0.05) is 11.7 Å². The van der Waals surface area contributed by atoms with Gasteiger partial charge in [0.05, 0.1) is 5.38 Å². The van der Waals surface area contributed by atoms with Crippen molar-refractivity contribution in [2.45, 2.75) is 44.5 Å². The average molecular weight is 302 g/mol. The quantitative estimate of drug-likeness (QED) is 0.776. The smallest absolute Gasteiger partial charge is 0.160 e. The van der Waals surface area contributed by atoms with Gasteiger partial charge in [-0.1, -0.05) is 0 Å². The predicted molar refractivity (Wildman–Crippen MR) is 83.4 cm³/mol. The second-order valence-electron chi connectivity index (χ2n) is 7.23. The summed E-state index contributed by atoms with van der Waals surface area (Å²) in [7, 11) is 0. The number of fused-ring (bicyclic) bond motifs is 6. The van der Waals surface area contributed by atoms with Crippen LogP contribution in [0.15, 0.2) is 12.1 Å². The summed E-state index contributed by atoms with van der Waals surface area (Å²) >= 11 is 6.43. The highest BCUT2D eigenvalue weighted by atomic mass is 35.5. The van der Waals surface area contributed by atoms with Crippen molar-refractivity contribution in [2.75, 3.05) is 0 Å². The Morgan fingerprint density at radius 3 is 2.57 bits per heavy atom. The summed E-state index contributed by atoms with van der Waals surface area (Å²) in [4.78, 5) is 9.56. The van der Waals surface area contributed by atoms with Crippen molar-refractivity contribution in [1.82, 2.24) is 14.5 Å². The number of alkyl halides is 1. The van der Waals surface area contributed by atoms with Gasteiger partial charge in [0.1, 0.15) is 11.3 Å². The van der Waals surface area contributed by atoms with Crippen LogP contribution in [0.3, 0.4) is 0 Å². The molecule has 2 heterocycles. The summed E-state index contributed by atoms with van der Waals surface area (Å²) in [6.45, 7) is 4.08. The molecule has 0 radical (unpaired) electrons. The highest BCUT2D eigenvalue weighted by Crippen LogP contribution is 2.72. The summed E-state index contributed by atoms with van der Waals surface area (Å²) in [6, 6.07) is 4.75. The molecule has 21 heavy (non-hydrogen) atoms. The molecule has 0 aromatic carbocycles. The predicted octanol–water partition coefficient (Wildman–Crippen LogP) is 4.26. The van der Waals surface area contributed by atoms with Gasteiger partial charge in [0.15, 0.2) is 5.65 Å². The van der Waals surface area contributed by atoms with Crippen molar-refractivity contribution in [3.8, 4) is 0 Å². The van der Waals surface area contributed by atoms with Crippen LogP contribution in [0, 0.1) is 30.6 Å². The number of rotatable bonds is 2. The average Bonchev–Trinajstić information content (AvgIpc) is 2.81. The van der Waals surface area contributed by atoms with Crippen molar-refractivity contribution in [2.24, 2.45) is 23.7 Å². The third-order valence-corrected chi connectivity index (χ3v) is 6.25. The van der Waals surface area contributed by atoms with E-state index in [0.29, 0.717) is 6.04 Å². The first-order chi connectivity index (χ1) is 10.1. The molecule has 2 aromatic rings. The number of pyridine rings is 1. The van der Waals surface area contributed by atoms with Gasteiger partial charge < -0.3 is 4.57 Å². The maximum absolute atomic E-state index is 6.43. The minimum Gasteiger partial charge on any atom is -0.308 e. The first-order valence-electron chi connectivity index (χ1n) is 8.14. The number of nitrogens with zero attached hydrogens (tertiary/aromatic N) is 3. The molecule has 110 valence electrons. The number of hydrogen-bond donors (Lipinski definition) is 0. The Morgan fingerprint density at radius 2 is 1.90 bits per heavy atom. The van der Waals surface area contributed by atoms with E-state index in [1.54, 1.807) is 0 Å². The van der Waals surface area contributed by atoms with Crippen LogP contribution in [0.5, 0.6) is 0 Å². The van der Waals surface area contributed by atoms with Crippen molar-refractivity contribution < 1.29 is 0 Å². The lowest BCUT2D eigenvalue weighted by atomic mass is 10.0. The minimum absolute atomic E-state index is 0.0570. The van der Waals surface area contributed by atoms with Gasteiger partial charge in [0.2, 0.25) is 0 Å². The van der Waals surface area contributed by atoms with E-state index in [9.17, 15) is 0 Å². The fourth-order valence-electron chi connectivity index (χ4n) is 5.28. The topological polar surface area (TPSA) is 30.7 Å². The number of aryl methyl sites for hydroxylation is 1. The van der Waals surface area contributed by atoms with E-state index in [0.717, 1.165) is 46.4 Å². The summed E-state index contributed by atoms with van der Waals surface area (Å²) in [5.74, 6) is 4.66. The molecule has 5 atom stereocenters. The zero-order valence-electron chi connectivity index (χ0n) is 12.5. The highest BCUT2D eigenvalue weighted by molar-refractivity contribution is 6.20. The van der Waals surface area contributed by atoms with Crippen LogP contribution in [0.1, 0.15) is 49.1 Å². The zero-order valence-corrected chi connectivity index (χ0v) is 13.2. The number of aromatic nitrogens is 3. The maximum Gasteiger partial charge on any atom is 0.160 e. The molecule has 2 aromatic heterocycles. The van der Waals surface area contributed by atoms with Crippen LogP contribution in [0.25, 0.3) is 11.2 Å². The van der Waals surface area contributed by atoms with Gasteiger partial charge in [-0.2, -0.15) is 0 Å². The molecule has 3 aliphatic carbocycles. The van der Waals surface area contributed by atoms with Gasteiger partial charge in [0.25, 0.3) is 0 Å². The molecule has 0 amide bonds. The van der Waals surface area contributed by atoms with Crippen molar-refractivity contribution in [3.05, 3.63) is 23.7 Å². The summed E-state index contributed by atoms with van der Waals surface area (Å²) < 4.78 is 2.40. The lowest BCUT2D eigenvalue weighted by Gasteiger charge is -2.14. The van der Waals surface area contributed by atoms with Gasteiger partial charge in [-0.25, -0.2) is 9.97 Å². The molecular weight excluding hydrogens is 282 g/mol. The van der Waals surface area contributed by atoms with Crippen molar-refractivity contribution in [1.29, 1.82) is 0 Å². The molecule has 3 nitrogen and oxygen atoms in total. The minimum atomic E-state index is -0.0570. The summed E-state index contributed by atoms with van der Waals surface area (Å²) in [6.07, 6.45) is 4.34. The lowest BCUT2D eigenvalue weighted by Crippen LogP contribution is -2.10. The number of halogens is 1. The maximum atomic E-state index is 6.43. The Morgan fingerprint density at radius 1 is 1.19 bits per heavy atom. The first-order valence-corrected chi connectivity index (χ1v) is 8.58. The molecular formula is C17H20ClN3. The SMILES string of the molecule is Cc1ccc2nc(C(C)Cl)n(C3C4C5CCC(C5)C43)c2n1. The first kappa shape index (κ1) is 12.5. The van der Waals surface area contributed by atoms with Gasteiger partial charge in [-0.15, -0.1) is 11.6 Å². The van der Waals surface area contributed by atoms with Gasteiger partial charge in [-0.3, -0.25) is 0 Å². The molecule has 3 fully saturated rings. The van der Waals surface area contributed by atoms with Crippen LogP contribution in [-0.2, 0) is 0 Å². The summed E-state index contributed by atoms with van der Waals surface area (Å²) in [5.41, 5.74) is 3.11. The molecule has 2 bridgehead atoms. The van der Waals surface area contributed by atoms with Crippen LogP contribution in [0.4, 0.5) is 0 Å². The second-order valence-corrected chi connectivity index (χ2v) is 7.88. The van der Waals surface area contributed by atoms with Crippen LogP contribution < -0.4 is 0 Å². The normalized spacial score (nSPS) is 38.0. The van der Waals surface area contributed by atoms with Gasteiger partial charge >= 0.3 is 0 Å². The van der Waals surface area contributed by atoms with Crippen LogP contribution in [0.2, 0.25) is 0 Å². The lowest BCUT2D eigenvalue weighted by molar-refractivity contribution is 0.450. The molecule has 0 N–H and O–H groups in total. The van der Waals surface area contributed by atoms with E-state index in [2.05, 4.69) is 17.6 Å². The molecule has 0 saturated heterocycles. The third-order valence-electron chi connectivity index (χ3n) is 6.05. The van der Waals surface area contributed by atoms with Gasteiger partial charge in [-0.05, 0) is 68.9 Å². The molecule has 0 spiro atoms. The zero-order chi connectivity index (χ0) is 14.3. The molecule has 3 aliphatic rings. The van der Waals surface area contributed by atoms with Crippen LogP contribution >= 0.6 is 11.6 Å². The Hall–Kier alpha value is -1.09. The fourth-order valence-corrected chi connectivity index (χ4v) is 5.44. The Bertz CT molecular complexity index is 719. The van der Waals surface area contributed by atoms with Crippen LogP contribution in [-0.4, -0.2) is 14.5 Å². The Kier molecular flexibility index (Phi) is 2.38. The molecule has 3 saturated carbocycles. The largest absolute Gasteiger partial charge is 0.308 e. The van der Waals surface area contributed by atoms with E-state index in [4.69, 9.17) is 21.6 Å². The van der Waals surface area contributed by atoms with E-state index < -0.39 is 0 Å². The number of imidazole rings is 1. The van der Waals surface area contributed by atoms with E-state index in [-0.39, 0.29) is 5.38 Å². The van der Waals surface area contributed by atoms with E-state index in [1.807, 2.05) is 13.0 Å². The molecule has 4 heteroatoms. The monoisotopic (exact) mass is 301 g/mol. The van der Waals surface area contributed by atoms with E-state index in [1.165, 1.54) is 19.3 Å². The van der Waals surface area contributed by atoms with E-state index >= 15 is 0 Å². The molecule has 5 rings (SSSR count). The number of hydrogen-bond acceptors (Lipinski definition) is 2. The van der Waals surface area contributed by atoms with Crippen molar-refractivity contribution in [3.63, 3.8) is 0 Å². The third kappa shape index (κ3) is 1.56. The Labute approximate surface area is 129 Å². The molecule has 0 aliphatic heterocycles. The molecule has 5 unspecified atom stereocenters. The summed E-state index contributed by atoms with van der Waals surface area (Å²) in [5, 5.41) is -0.0570. The highest BCUT2D eigenvalue weighted by Gasteiger charge is 2.66. The standard InChI is InChI=1S/C17H20ClN3/c1-8-3-6-12-17(19-8)21(16(20-12)9(2)18)15-13-10-4-5-11(7-10)14(13)15/h3,6,9-11,13-15H,4-5,7H2,1-2H3.